The lowest BCUT2D eigenvalue weighted by Crippen LogP contribution is -2.09. The van der Waals surface area contributed by atoms with Crippen molar-refractivity contribution in [3.8, 4) is 0 Å². The minimum Gasteiger partial charge on any atom is -0.273 e. The predicted molar refractivity (Wildman–Crippen MR) is 67.7 cm³/mol. The molecule has 0 aliphatic carbocycles. The van der Waals surface area contributed by atoms with Crippen molar-refractivity contribution in [3.05, 3.63) is 11.8 Å². The van der Waals surface area contributed by atoms with Gasteiger partial charge < -0.3 is 0 Å². The summed E-state index contributed by atoms with van der Waals surface area (Å²) in [4.78, 5) is 33.6. The van der Waals surface area contributed by atoms with E-state index in [-0.39, 0.29) is 11.8 Å². The van der Waals surface area contributed by atoms with E-state index in [1.54, 1.807) is 13.8 Å². The molecule has 0 saturated heterocycles. The summed E-state index contributed by atoms with van der Waals surface area (Å²) in [7, 11) is 0. The van der Waals surface area contributed by atoms with Crippen LogP contribution >= 0.6 is 0 Å². The lowest BCUT2D eigenvalue weighted by atomic mass is 10.2. The summed E-state index contributed by atoms with van der Waals surface area (Å²) in [6.07, 6.45) is 2.49. The normalized spacial score (nSPS) is 16.7. The summed E-state index contributed by atoms with van der Waals surface area (Å²) in [5.74, 6) is -0.492. The monoisotopic (exact) mass is 233 g/mol. The molecule has 0 unspecified atom stereocenters. The molecule has 90 valence electrons. The Morgan fingerprint density at radius 2 is 1.59 bits per heavy atom. The fourth-order valence-corrected chi connectivity index (χ4v) is 1.48. The quantitative estimate of drug-likeness (QED) is 0.681. The van der Waals surface area contributed by atoms with Crippen molar-refractivity contribution in [1.82, 2.24) is 0 Å². The Bertz CT molecular complexity index is 482. The van der Waals surface area contributed by atoms with Crippen molar-refractivity contribution in [2.75, 3.05) is 0 Å². The number of hydrogen-bond donors (Lipinski definition) is 0. The zero-order valence-corrected chi connectivity index (χ0v) is 10.4. The first-order valence-corrected chi connectivity index (χ1v) is 5.30. The fourth-order valence-electron chi connectivity index (χ4n) is 1.48. The van der Waals surface area contributed by atoms with Gasteiger partial charge in [-0.2, -0.15) is 0 Å². The van der Waals surface area contributed by atoms with Crippen molar-refractivity contribution < 1.29 is 9.59 Å². The molecule has 1 aliphatic heterocycles. The number of carbonyl (C=O) groups excluding carboxylic acids is 2. The van der Waals surface area contributed by atoms with E-state index in [2.05, 4.69) is 15.0 Å². The number of carbonyl (C=O) groups is 2. The fraction of sp³-hybridized carbons (Fsp3) is 0.417. The molecular formula is C12H15N3O2. The zero-order chi connectivity index (χ0) is 13.0. The van der Waals surface area contributed by atoms with Gasteiger partial charge in [0.05, 0.1) is 22.8 Å². The second-order valence-corrected chi connectivity index (χ2v) is 3.78. The molecule has 5 heteroatoms. The topological polar surface area (TPSA) is 71.2 Å². The Morgan fingerprint density at radius 1 is 1.06 bits per heavy atom. The second kappa shape index (κ2) is 5.43. The molecule has 0 fully saturated rings. The van der Waals surface area contributed by atoms with E-state index in [1.807, 2.05) is 6.08 Å². The van der Waals surface area contributed by atoms with E-state index in [0.29, 0.717) is 23.5 Å². The van der Waals surface area contributed by atoms with E-state index < -0.39 is 0 Å². The first-order valence-electron chi connectivity index (χ1n) is 5.30. The first-order chi connectivity index (χ1) is 7.90. The minimum absolute atomic E-state index is 0.243. The second-order valence-electron chi connectivity index (χ2n) is 3.78. The highest BCUT2D eigenvalue weighted by molar-refractivity contribution is 6.44. The van der Waals surface area contributed by atoms with E-state index >= 15 is 0 Å². The van der Waals surface area contributed by atoms with Gasteiger partial charge >= 0.3 is 0 Å². The van der Waals surface area contributed by atoms with Crippen molar-refractivity contribution in [1.29, 1.82) is 0 Å². The number of amides is 2. The molecule has 0 N–H and O–H groups in total. The van der Waals surface area contributed by atoms with Crippen LogP contribution < -0.4 is 0 Å². The number of hydrogen-bond acceptors (Lipinski definition) is 3. The summed E-state index contributed by atoms with van der Waals surface area (Å²) in [6.45, 7) is 6.27. The highest BCUT2D eigenvalue weighted by Gasteiger charge is 2.13. The van der Waals surface area contributed by atoms with Crippen LogP contribution in [0.5, 0.6) is 0 Å². The molecule has 17 heavy (non-hydrogen) atoms. The van der Waals surface area contributed by atoms with Gasteiger partial charge in [0.15, 0.2) is 0 Å². The largest absolute Gasteiger partial charge is 0.273 e. The smallest absolute Gasteiger partial charge is 0.242 e. The maximum Gasteiger partial charge on any atom is 0.242 e. The number of rotatable bonds is 2. The minimum atomic E-state index is -0.249. The van der Waals surface area contributed by atoms with Crippen molar-refractivity contribution >= 4 is 28.9 Å². The van der Waals surface area contributed by atoms with E-state index in [4.69, 9.17) is 0 Å². The third kappa shape index (κ3) is 3.86. The molecule has 0 aromatic carbocycles. The van der Waals surface area contributed by atoms with Crippen LogP contribution in [0.1, 0.15) is 34.1 Å². The predicted octanol–water partition coefficient (Wildman–Crippen LogP) is 1.73. The maximum absolute atomic E-state index is 10.8. The van der Waals surface area contributed by atoms with Crippen LogP contribution in [0, 0.1) is 0 Å². The summed E-state index contributed by atoms with van der Waals surface area (Å²) < 4.78 is 0. The molecule has 1 aliphatic rings. The molecule has 0 bridgehead atoms. The van der Waals surface area contributed by atoms with Crippen molar-refractivity contribution in [2.45, 2.75) is 34.1 Å². The molecular weight excluding hydrogens is 218 g/mol. The van der Waals surface area contributed by atoms with E-state index in [0.717, 1.165) is 5.71 Å². The van der Waals surface area contributed by atoms with Gasteiger partial charge in [0.2, 0.25) is 11.8 Å². The van der Waals surface area contributed by atoms with Gasteiger partial charge in [0, 0.05) is 20.3 Å². The van der Waals surface area contributed by atoms with Crippen LogP contribution in [0.3, 0.4) is 0 Å². The van der Waals surface area contributed by atoms with Crippen LogP contribution in [0.4, 0.5) is 0 Å². The van der Waals surface area contributed by atoms with Gasteiger partial charge in [-0.25, -0.2) is 15.0 Å². The molecule has 5 nitrogen and oxygen atoms in total. The molecule has 0 spiro atoms. The Morgan fingerprint density at radius 3 is 2.12 bits per heavy atom. The molecule has 2 amide bonds. The van der Waals surface area contributed by atoms with Crippen molar-refractivity contribution in [3.63, 3.8) is 0 Å². The van der Waals surface area contributed by atoms with Gasteiger partial charge in [0.25, 0.3) is 0 Å². The molecule has 0 saturated carbocycles. The van der Waals surface area contributed by atoms with Crippen LogP contribution in [-0.4, -0.2) is 28.9 Å². The number of allylic oxidation sites excluding steroid dienone is 2. The highest BCUT2D eigenvalue weighted by Crippen LogP contribution is 2.13. The SMILES string of the molecule is CC(=O)N=C(C)C1=CCC(C(C)=NC(C)=O)=N1. The van der Waals surface area contributed by atoms with Gasteiger partial charge in [-0.1, -0.05) is 6.08 Å². The molecule has 1 rings (SSSR count). The van der Waals surface area contributed by atoms with Gasteiger partial charge in [0.1, 0.15) is 0 Å². The van der Waals surface area contributed by atoms with Crippen LogP contribution in [0.25, 0.3) is 0 Å². The summed E-state index contributed by atoms with van der Waals surface area (Å²) in [5, 5.41) is 0. The number of aliphatic imine (C=N–C) groups is 3. The average molecular weight is 233 g/mol. The third-order valence-electron chi connectivity index (χ3n) is 2.18. The standard InChI is InChI=1S/C12H15N3O2/c1-7(13-9(3)16)11-5-6-12(15-11)8(2)14-10(4)17/h5H,6H2,1-4H3. The Labute approximate surface area is 100 Å². The third-order valence-corrected chi connectivity index (χ3v) is 2.18. The summed E-state index contributed by atoms with van der Waals surface area (Å²) >= 11 is 0. The summed E-state index contributed by atoms with van der Waals surface area (Å²) in [6, 6.07) is 0. The molecule has 0 aromatic rings. The molecule has 0 aromatic heterocycles. The first kappa shape index (κ1) is 13.2. The van der Waals surface area contributed by atoms with Crippen LogP contribution in [0.15, 0.2) is 26.8 Å². The van der Waals surface area contributed by atoms with Crippen molar-refractivity contribution in [2.24, 2.45) is 15.0 Å². The van der Waals surface area contributed by atoms with Crippen LogP contribution in [-0.2, 0) is 9.59 Å². The maximum atomic E-state index is 10.8. The highest BCUT2D eigenvalue weighted by atomic mass is 16.1. The molecule has 0 radical (unpaired) electrons. The Hall–Kier alpha value is -1.91. The Balaban J connectivity index is 2.88. The zero-order valence-electron chi connectivity index (χ0n) is 10.4. The van der Waals surface area contributed by atoms with Crippen LogP contribution in [0.2, 0.25) is 0 Å². The lowest BCUT2D eigenvalue weighted by Gasteiger charge is -1.98. The molecule has 1 heterocycles. The average Bonchev–Trinajstić information content (AvgIpc) is 2.63. The number of nitrogens with zero attached hydrogens (tertiary/aromatic N) is 3. The van der Waals surface area contributed by atoms with Gasteiger partial charge in [-0.05, 0) is 13.8 Å². The lowest BCUT2D eigenvalue weighted by molar-refractivity contribution is -0.116. The van der Waals surface area contributed by atoms with Gasteiger partial charge in [-0.3, -0.25) is 9.59 Å². The van der Waals surface area contributed by atoms with E-state index in [9.17, 15) is 9.59 Å². The Kier molecular flexibility index (Phi) is 4.20. The van der Waals surface area contributed by atoms with E-state index in [1.165, 1.54) is 13.8 Å². The summed E-state index contributed by atoms with van der Waals surface area (Å²) in [5.41, 5.74) is 2.61. The van der Waals surface area contributed by atoms with Gasteiger partial charge in [-0.15, -0.1) is 0 Å². The molecule has 0 atom stereocenters.